The second kappa shape index (κ2) is 4.39. The SMILES string of the molecule is COc1cc(Br)cc(C(C)(C)F)c1OC. The topological polar surface area (TPSA) is 18.5 Å². The number of alkyl halides is 1. The Morgan fingerprint density at radius 3 is 2.20 bits per heavy atom. The van der Waals surface area contributed by atoms with Crippen molar-refractivity contribution in [3.05, 3.63) is 22.2 Å². The molecule has 0 spiro atoms. The molecule has 0 unspecified atom stereocenters. The average molecular weight is 277 g/mol. The quantitative estimate of drug-likeness (QED) is 0.839. The Morgan fingerprint density at radius 1 is 1.20 bits per heavy atom. The first-order valence-corrected chi connectivity index (χ1v) is 5.30. The van der Waals surface area contributed by atoms with Crippen LogP contribution in [-0.4, -0.2) is 14.2 Å². The molecule has 84 valence electrons. The van der Waals surface area contributed by atoms with Gasteiger partial charge in [-0.05, 0) is 26.0 Å². The van der Waals surface area contributed by atoms with Crippen molar-refractivity contribution in [1.82, 2.24) is 0 Å². The zero-order valence-corrected chi connectivity index (χ0v) is 10.8. The summed E-state index contributed by atoms with van der Waals surface area (Å²) in [6.45, 7) is 2.97. The summed E-state index contributed by atoms with van der Waals surface area (Å²) in [5.74, 6) is 0.959. The highest BCUT2D eigenvalue weighted by Crippen LogP contribution is 2.41. The third kappa shape index (κ3) is 2.62. The summed E-state index contributed by atoms with van der Waals surface area (Å²) in [4.78, 5) is 0. The molecule has 0 aromatic heterocycles. The molecule has 4 heteroatoms. The summed E-state index contributed by atoms with van der Waals surface area (Å²) < 4.78 is 25.0. The largest absolute Gasteiger partial charge is 0.493 e. The van der Waals surface area contributed by atoms with Gasteiger partial charge in [0.2, 0.25) is 0 Å². The van der Waals surface area contributed by atoms with E-state index in [2.05, 4.69) is 15.9 Å². The highest BCUT2D eigenvalue weighted by atomic mass is 79.9. The summed E-state index contributed by atoms with van der Waals surface area (Å²) in [5.41, 5.74) is -1.00. The Labute approximate surface area is 97.5 Å². The van der Waals surface area contributed by atoms with Crippen LogP contribution >= 0.6 is 15.9 Å². The van der Waals surface area contributed by atoms with Crippen LogP contribution in [0, 0.1) is 0 Å². The molecule has 0 bridgehead atoms. The molecule has 1 aromatic rings. The van der Waals surface area contributed by atoms with Gasteiger partial charge in [0, 0.05) is 10.0 Å². The average Bonchev–Trinajstić information content (AvgIpc) is 2.15. The van der Waals surface area contributed by atoms with Crippen LogP contribution in [0.5, 0.6) is 11.5 Å². The van der Waals surface area contributed by atoms with Gasteiger partial charge in [0.1, 0.15) is 5.67 Å². The van der Waals surface area contributed by atoms with E-state index < -0.39 is 5.67 Å². The lowest BCUT2D eigenvalue weighted by atomic mass is 9.99. The molecule has 2 nitrogen and oxygen atoms in total. The van der Waals surface area contributed by atoms with Crippen molar-refractivity contribution < 1.29 is 13.9 Å². The Kier molecular flexibility index (Phi) is 3.60. The monoisotopic (exact) mass is 276 g/mol. The summed E-state index contributed by atoms with van der Waals surface area (Å²) in [5, 5.41) is 0. The Morgan fingerprint density at radius 2 is 1.80 bits per heavy atom. The van der Waals surface area contributed by atoms with E-state index in [9.17, 15) is 4.39 Å². The molecule has 0 aliphatic rings. The first-order chi connectivity index (χ1) is 6.90. The minimum atomic E-state index is -1.47. The summed E-state index contributed by atoms with van der Waals surface area (Å²) >= 11 is 3.31. The number of halogens is 2. The van der Waals surface area contributed by atoms with Gasteiger partial charge in [-0.3, -0.25) is 0 Å². The van der Waals surface area contributed by atoms with E-state index in [1.54, 1.807) is 12.1 Å². The number of hydrogen-bond donors (Lipinski definition) is 0. The van der Waals surface area contributed by atoms with Gasteiger partial charge in [-0.15, -0.1) is 0 Å². The van der Waals surface area contributed by atoms with E-state index in [1.165, 1.54) is 28.1 Å². The molecule has 0 aliphatic carbocycles. The van der Waals surface area contributed by atoms with Crippen molar-refractivity contribution in [2.75, 3.05) is 14.2 Å². The molecule has 0 aliphatic heterocycles. The Hall–Kier alpha value is -0.770. The minimum Gasteiger partial charge on any atom is -0.493 e. The van der Waals surface area contributed by atoms with Crippen LogP contribution in [0.2, 0.25) is 0 Å². The summed E-state index contributed by atoms with van der Waals surface area (Å²) in [6, 6.07) is 3.44. The molecule has 0 fully saturated rings. The van der Waals surface area contributed by atoms with Crippen molar-refractivity contribution in [1.29, 1.82) is 0 Å². The van der Waals surface area contributed by atoms with Crippen molar-refractivity contribution in [3.8, 4) is 11.5 Å². The lowest BCUT2D eigenvalue weighted by Gasteiger charge is -2.20. The van der Waals surface area contributed by atoms with Crippen LogP contribution in [0.25, 0.3) is 0 Å². The van der Waals surface area contributed by atoms with Crippen LogP contribution < -0.4 is 9.47 Å². The maximum absolute atomic E-state index is 13.9. The molecule has 1 rings (SSSR count). The molecular weight excluding hydrogens is 263 g/mol. The van der Waals surface area contributed by atoms with E-state index in [4.69, 9.17) is 9.47 Å². The lowest BCUT2D eigenvalue weighted by molar-refractivity contribution is 0.211. The molecule has 0 saturated heterocycles. The van der Waals surface area contributed by atoms with Crippen LogP contribution in [0.4, 0.5) is 4.39 Å². The first-order valence-electron chi connectivity index (χ1n) is 4.51. The zero-order valence-electron chi connectivity index (χ0n) is 9.23. The van der Waals surface area contributed by atoms with E-state index >= 15 is 0 Å². The highest BCUT2D eigenvalue weighted by molar-refractivity contribution is 9.10. The number of ether oxygens (including phenoxy) is 2. The van der Waals surface area contributed by atoms with Gasteiger partial charge in [-0.1, -0.05) is 15.9 Å². The molecular formula is C11H14BrFO2. The predicted octanol–water partition coefficient (Wildman–Crippen LogP) is 3.67. The van der Waals surface area contributed by atoms with E-state index in [0.29, 0.717) is 17.1 Å². The number of hydrogen-bond acceptors (Lipinski definition) is 2. The smallest absolute Gasteiger partial charge is 0.167 e. The molecule has 0 atom stereocenters. The molecule has 15 heavy (non-hydrogen) atoms. The molecule has 0 saturated carbocycles. The second-order valence-corrected chi connectivity index (χ2v) is 4.58. The van der Waals surface area contributed by atoms with Gasteiger partial charge < -0.3 is 9.47 Å². The third-order valence-electron chi connectivity index (χ3n) is 2.08. The van der Waals surface area contributed by atoms with Crippen molar-refractivity contribution in [2.24, 2.45) is 0 Å². The number of rotatable bonds is 3. The molecule has 0 radical (unpaired) electrons. The van der Waals surface area contributed by atoms with Gasteiger partial charge in [0.05, 0.1) is 14.2 Å². The van der Waals surface area contributed by atoms with Gasteiger partial charge >= 0.3 is 0 Å². The van der Waals surface area contributed by atoms with E-state index in [0.717, 1.165) is 4.47 Å². The maximum atomic E-state index is 13.9. The Balaban J connectivity index is 3.42. The highest BCUT2D eigenvalue weighted by Gasteiger charge is 2.26. The molecule has 1 aromatic carbocycles. The second-order valence-electron chi connectivity index (χ2n) is 3.66. The molecule has 0 amide bonds. The number of benzene rings is 1. The standard InChI is InChI=1S/C11H14BrFO2/c1-11(2,13)8-5-7(12)6-9(14-3)10(8)15-4/h5-6H,1-4H3. The maximum Gasteiger partial charge on any atom is 0.167 e. The van der Waals surface area contributed by atoms with Crippen molar-refractivity contribution in [3.63, 3.8) is 0 Å². The minimum absolute atomic E-state index is 0.438. The van der Waals surface area contributed by atoms with Crippen molar-refractivity contribution >= 4 is 15.9 Å². The third-order valence-corrected chi connectivity index (χ3v) is 2.54. The van der Waals surface area contributed by atoms with E-state index in [1.807, 2.05) is 0 Å². The van der Waals surface area contributed by atoms with E-state index in [-0.39, 0.29) is 0 Å². The van der Waals surface area contributed by atoms with Crippen LogP contribution in [0.1, 0.15) is 19.4 Å². The van der Waals surface area contributed by atoms with Crippen LogP contribution in [-0.2, 0) is 5.67 Å². The van der Waals surface area contributed by atoms with Crippen LogP contribution in [0.3, 0.4) is 0 Å². The lowest BCUT2D eigenvalue weighted by Crippen LogP contribution is -2.11. The van der Waals surface area contributed by atoms with Gasteiger partial charge in [0.25, 0.3) is 0 Å². The fraction of sp³-hybridized carbons (Fsp3) is 0.455. The first kappa shape index (κ1) is 12.3. The fourth-order valence-corrected chi connectivity index (χ4v) is 1.81. The van der Waals surface area contributed by atoms with Crippen molar-refractivity contribution in [2.45, 2.75) is 19.5 Å². The number of methoxy groups -OCH3 is 2. The van der Waals surface area contributed by atoms with Gasteiger partial charge in [0.15, 0.2) is 11.5 Å². The fourth-order valence-electron chi connectivity index (χ4n) is 1.37. The predicted molar refractivity (Wildman–Crippen MR) is 61.4 cm³/mol. The summed E-state index contributed by atoms with van der Waals surface area (Å²) in [6.07, 6.45) is 0. The van der Waals surface area contributed by atoms with Crippen LogP contribution in [0.15, 0.2) is 16.6 Å². The normalized spacial score (nSPS) is 11.3. The van der Waals surface area contributed by atoms with Gasteiger partial charge in [-0.25, -0.2) is 4.39 Å². The zero-order chi connectivity index (χ0) is 11.6. The molecule has 0 heterocycles. The molecule has 0 N–H and O–H groups in total. The summed E-state index contributed by atoms with van der Waals surface area (Å²) in [7, 11) is 3.03. The van der Waals surface area contributed by atoms with Gasteiger partial charge in [-0.2, -0.15) is 0 Å². The Bertz CT molecular complexity index is 358.